The molecule has 2 unspecified atom stereocenters. The third kappa shape index (κ3) is 4.71. The van der Waals surface area contributed by atoms with Gasteiger partial charge in [-0.15, -0.1) is 0 Å². The van der Waals surface area contributed by atoms with Crippen molar-refractivity contribution in [3.8, 4) is 0 Å². The highest BCUT2D eigenvalue weighted by atomic mass is 19.1. The number of aliphatic hydroxyl groups is 1. The highest BCUT2D eigenvalue weighted by Gasteiger charge is 2.17. The molecule has 1 aromatic carbocycles. The van der Waals surface area contributed by atoms with Crippen LogP contribution in [0.25, 0.3) is 0 Å². The van der Waals surface area contributed by atoms with Gasteiger partial charge in [0.2, 0.25) is 6.36 Å². The molecule has 0 saturated heterocycles. The first kappa shape index (κ1) is 14.4. The first-order valence-electron chi connectivity index (χ1n) is 5.94. The predicted molar refractivity (Wildman–Crippen MR) is 65.7 cm³/mol. The van der Waals surface area contributed by atoms with Gasteiger partial charge >= 0.3 is 6.09 Å². The molecule has 0 aliphatic heterocycles. The van der Waals surface area contributed by atoms with Crippen LogP contribution in [0, 0.1) is 0 Å². The smallest absolute Gasteiger partial charge is 0.410 e. The number of rotatable bonds is 6. The Bertz CT molecular complexity index is 359. The van der Waals surface area contributed by atoms with E-state index in [1.54, 1.807) is 31.2 Å². The van der Waals surface area contributed by atoms with Gasteiger partial charge in [-0.25, -0.2) is 9.18 Å². The Morgan fingerprint density at radius 1 is 1.44 bits per heavy atom. The summed E-state index contributed by atoms with van der Waals surface area (Å²) in [6, 6.07) is 8.35. The Morgan fingerprint density at radius 3 is 2.67 bits per heavy atom. The van der Waals surface area contributed by atoms with E-state index in [0.717, 1.165) is 5.56 Å². The number of hydrogen-bond acceptors (Lipinski definition) is 3. The fourth-order valence-electron chi connectivity index (χ4n) is 1.50. The van der Waals surface area contributed by atoms with Crippen molar-refractivity contribution in [1.29, 1.82) is 0 Å². The second kappa shape index (κ2) is 7.66. The summed E-state index contributed by atoms with van der Waals surface area (Å²) in [5.41, 5.74) is 0.739. The minimum atomic E-state index is -1.61. The fraction of sp³-hybridized carbons (Fsp3) is 0.462. The summed E-state index contributed by atoms with van der Waals surface area (Å²) < 4.78 is 17.6. The standard InChI is InChI=1S/C13H18FNO3/c1-2-6-12(14)18-13(17)15-11(9-16)10-7-4-3-5-8-10/h3-5,7-8,11-12,16H,2,6,9H2,1H3,(H,15,17). The minimum Gasteiger partial charge on any atom is -0.415 e. The Morgan fingerprint density at radius 2 is 2.11 bits per heavy atom. The van der Waals surface area contributed by atoms with Crippen LogP contribution in [-0.4, -0.2) is 24.2 Å². The van der Waals surface area contributed by atoms with Crippen LogP contribution in [0.5, 0.6) is 0 Å². The maximum absolute atomic E-state index is 13.1. The summed E-state index contributed by atoms with van der Waals surface area (Å²) in [7, 11) is 0. The quantitative estimate of drug-likeness (QED) is 0.821. The zero-order valence-electron chi connectivity index (χ0n) is 10.3. The molecular formula is C13H18FNO3. The van der Waals surface area contributed by atoms with Crippen LogP contribution in [0.4, 0.5) is 9.18 Å². The van der Waals surface area contributed by atoms with E-state index in [4.69, 9.17) is 0 Å². The summed E-state index contributed by atoms with van der Waals surface area (Å²) in [4.78, 5) is 11.4. The Kier molecular flexibility index (Phi) is 6.14. The number of ether oxygens (including phenoxy) is 1. The second-order valence-electron chi connectivity index (χ2n) is 3.89. The van der Waals surface area contributed by atoms with Gasteiger partial charge in [0, 0.05) is 6.42 Å². The van der Waals surface area contributed by atoms with E-state index in [1.165, 1.54) is 0 Å². The molecule has 5 heteroatoms. The average Bonchev–Trinajstić information content (AvgIpc) is 2.37. The summed E-state index contributed by atoms with van der Waals surface area (Å²) in [6.45, 7) is 1.53. The van der Waals surface area contributed by atoms with Crippen LogP contribution >= 0.6 is 0 Å². The highest BCUT2D eigenvalue weighted by Crippen LogP contribution is 2.12. The molecule has 100 valence electrons. The molecule has 4 nitrogen and oxygen atoms in total. The number of alkyl halides is 1. The van der Waals surface area contributed by atoms with E-state index in [-0.39, 0.29) is 13.0 Å². The zero-order chi connectivity index (χ0) is 13.4. The summed E-state index contributed by atoms with van der Waals surface area (Å²) in [5.74, 6) is 0. The first-order chi connectivity index (χ1) is 8.67. The van der Waals surface area contributed by atoms with E-state index in [2.05, 4.69) is 10.1 Å². The van der Waals surface area contributed by atoms with Crippen LogP contribution in [0.3, 0.4) is 0 Å². The molecule has 2 atom stereocenters. The number of nitrogens with one attached hydrogen (secondary N) is 1. The summed E-state index contributed by atoms with van der Waals surface area (Å²) >= 11 is 0. The van der Waals surface area contributed by atoms with Crippen molar-refractivity contribution in [1.82, 2.24) is 5.32 Å². The molecule has 0 bridgehead atoms. The van der Waals surface area contributed by atoms with E-state index in [1.807, 2.05) is 6.07 Å². The average molecular weight is 255 g/mol. The lowest BCUT2D eigenvalue weighted by Gasteiger charge is -2.17. The van der Waals surface area contributed by atoms with Gasteiger partial charge in [-0.05, 0) is 12.0 Å². The SMILES string of the molecule is CCCC(F)OC(=O)NC(CO)c1ccccc1. The van der Waals surface area contributed by atoms with Crippen molar-refractivity contribution in [2.24, 2.45) is 0 Å². The summed E-state index contributed by atoms with van der Waals surface area (Å²) in [6.07, 6.45) is -1.71. The second-order valence-corrected chi connectivity index (χ2v) is 3.89. The normalized spacial score (nSPS) is 13.7. The predicted octanol–water partition coefficient (Wildman–Crippen LogP) is 2.54. The molecule has 1 amide bonds. The molecule has 1 rings (SSSR count). The van der Waals surface area contributed by atoms with Crippen molar-refractivity contribution in [3.63, 3.8) is 0 Å². The first-order valence-corrected chi connectivity index (χ1v) is 5.94. The van der Waals surface area contributed by atoms with Gasteiger partial charge in [-0.1, -0.05) is 37.3 Å². The van der Waals surface area contributed by atoms with Crippen LogP contribution in [-0.2, 0) is 4.74 Å². The van der Waals surface area contributed by atoms with Crippen molar-refractivity contribution < 1.29 is 19.0 Å². The van der Waals surface area contributed by atoms with Crippen molar-refractivity contribution in [3.05, 3.63) is 35.9 Å². The van der Waals surface area contributed by atoms with Crippen LogP contribution in [0.1, 0.15) is 31.4 Å². The lowest BCUT2D eigenvalue weighted by atomic mass is 10.1. The lowest BCUT2D eigenvalue weighted by molar-refractivity contribution is 0.00556. The molecule has 0 radical (unpaired) electrons. The van der Waals surface area contributed by atoms with E-state index in [0.29, 0.717) is 6.42 Å². The number of hydrogen-bond donors (Lipinski definition) is 2. The van der Waals surface area contributed by atoms with Crippen LogP contribution < -0.4 is 5.32 Å². The molecular weight excluding hydrogens is 237 g/mol. The van der Waals surface area contributed by atoms with Gasteiger partial charge in [0.25, 0.3) is 0 Å². The molecule has 0 heterocycles. The van der Waals surface area contributed by atoms with Gasteiger partial charge in [0.05, 0.1) is 12.6 Å². The number of carbonyl (C=O) groups excluding carboxylic acids is 1. The van der Waals surface area contributed by atoms with Gasteiger partial charge in [0.1, 0.15) is 0 Å². The molecule has 0 saturated carbocycles. The third-order valence-electron chi connectivity index (χ3n) is 2.43. The number of benzene rings is 1. The highest BCUT2D eigenvalue weighted by molar-refractivity contribution is 5.68. The van der Waals surface area contributed by atoms with Gasteiger partial charge < -0.3 is 15.2 Å². The molecule has 0 aliphatic carbocycles. The van der Waals surface area contributed by atoms with Gasteiger partial charge in [-0.3, -0.25) is 0 Å². The van der Waals surface area contributed by atoms with Crippen molar-refractivity contribution in [2.45, 2.75) is 32.2 Å². The number of carbonyl (C=O) groups is 1. The van der Waals surface area contributed by atoms with Crippen molar-refractivity contribution >= 4 is 6.09 Å². The van der Waals surface area contributed by atoms with Crippen molar-refractivity contribution in [2.75, 3.05) is 6.61 Å². The van der Waals surface area contributed by atoms with Gasteiger partial charge in [0.15, 0.2) is 0 Å². The minimum absolute atomic E-state index is 0.169. The Labute approximate surface area is 106 Å². The Balaban J connectivity index is 2.51. The summed E-state index contributed by atoms with van der Waals surface area (Å²) in [5, 5.41) is 11.6. The maximum atomic E-state index is 13.1. The zero-order valence-corrected chi connectivity index (χ0v) is 10.3. The van der Waals surface area contributed by atoms with E-state index < -0.39 is 18.5 Å². The number of aliphatic hydroxyl groups excluding tert-OH is 1. The maximum Gasteiger partial charge on any atom is 0.410 e. The molecule has 0 aromatic heterocycles. The number of alkyl carbamates (subject to hydrolysis) is 1. The molecule has 2 N–H and O–H groups in total. The van der Waals surface area contributed by atoms with Crippen LogP contribution in [0.2, 0.25) is 0 Å². The fourth-order valence-corrected chi connectivity index (χ4v) is 1.50. The monoisotopic (exact) mass is 255 g/mol. The third-order valence-corrected chi connectivity index (χ3v) is 2.43. The Hall–Kier alpha value is -1.62. The van der Waals surface area contributed by atoms with E-state index >= 15 is 0 Å². The molecule has 0 spiro atoms. The molecule has 0 fully saturated rings. The molecule has 0 aliphatic rings. The number of halogens is 1. The molecule has 18 heavy (non-hydrogen) atoms. The van der Waals surface area contributed by atoms with Gasteiger partial charge in [-0.2, -0.15) is 0 Å². The largest absolute Gasteiger partial charge is 0.415 e. The number of amides is 1. The topological polar surface area (TPSA) is 58.6 Å². The van der Waals surface area contributed by atoms with Crippen LogP contribution in [0.15, 0.2) is 30.3 Å². The van der Waals surface area contributed by atoms with E-state index in [9.17, 15) is 14.3 Å². The lowest BCUT2D eigenvalue weighted by Crippen LogP contribution is -2.33. The molecule has 1 aromatic rings.